The first kappa shape index (κ1) is 41.0. The Hall–Kier alpha value is -1.03. The van der Waals surface area contributed by atoms with Gasteiger partial charge < -0.3 is 14.4 Å². The van der Waals surface area contributed by atoms with Gasteiger partial charge in [0, 0.05) is 12.3 Å². The molecule has 4 nitrogen and oxygen atoms in total. The molecule has 1 rings (SSSR count). The first-order valence-electron chi connectivity index (χ1n) is 19.7. The zero-order valence-corrected chi connectivity index (χ0v) is 30.3. The first-order valence-corrected chi connectivity index (χ1v) is 19.7. The van der Waals surface area contributed by atoms with Gasteiger partial charge in [0.1, 0.15) is 6.10 Å². The van der Waals surface area contributed by atoms with Crippen molar-refractivity contribution in [3.63, 3.8) is 0 Å². The standard InChI is InChI=1S/C40H77NO3/c1-6-9-12-14-17-20-24-28-38(43-36(4)37-32-34-41(5)35-33-37)29-25-21-18-15-16-19-22-26-31-40(42)44-39(27-11-8-3)30-23-13-10-7-2/h37-39H,4,6-35H2,1-3,5H3. The number of hydrogen-bond acceptors (Lipinski definition) is 4. The summed E-state index contributed by atoms with van der Waals surface area (Å²) in [6, 6.07) is 0. The number of unbranched alkanes of at least 4 members (excludes halogenated alkanes) is 17. The Morgan fingerprint density at radius 2 is 0.977 bits per heavy atom. The molecule has 0 radical (unpaired) electrons. The lowest BCUT2D eigenvalue weighted by Crippen LogP contribution is -2.31. The van der Waals surface area contributed by atoms with Gasteiger partial charge in [-0.1, -0.05) is 137 Å². The number of rotatable bonds is 31. The zero-order chi connectivity index (χ0) is 32.1. The monoisotopic (exact) mass is 620 g/mol. The highest BCUT2D eigenvalue weighted by atomic mass is 16.5. The van der Waals surface area contributed by atoms with Gasteiger partial charge in [0.15, 0.2) is 0 Å². The summed E-state index contributed by atoms with van der Waals surface area (Å²) in [6.07, 6.45) is 34.7. The average Bonchev–Trinajstić information content (AvgIpc) is 3.02. The van der Waals surface area contributed by atoms with E-state index in [4.69, 9.17) is 9.47 Å². The van der Waals surface area contributed by atoms with E-state index >= 15 is 0 Å². The van der Waals surface area contributed by atoms with Crippen LogP contribution in [0, 0.1) is 5.92 Å². The second-order valence-electron chi connectivity index (χ2n) is 14.2. The molecule has 0 aromatic heterocycles. The van der Waals surface area contributed by atoms with E-state index in [0.29, 0.717) is 18.4 Å². The molecule has 0 aliphatic carbocycles. The number of piperidine rings is 1. The Labute approximate surface area is 275 Å². The molecule has 1 saturated heterocycles. The molecule has 2 atom stereocenters. The van der Waals surface area contributed by atoms with Crippen molar-refractivity contribution in [2.45, 2.75) is 213 Å². The minimum absolute atomic E-state index is 0.0355. The predicted octanol–water partition coefficient (Wildman–Crippen LogP) is 12.3. The van der Waals surface area contributed by atoms with Crippen molar-refractivity contribution in [3.05, 3.63) is 12.3 Å². The summed E-state index contributed by atoms with van der Waals surface area (Å²) in [5, 5.41) is 0. The smallest absolute Gasteiger partial charge is 0.306 e. The molecule has 1 fully saturated rings. The summed E-state index contributed by atoms with van der Waals surface area (Å²) >= 11 is 0. The number of hydrogen-bond donors (Lipinski definition) is 0. The largest absolute Gasteiger partial charge is 0.495 e. The lowest BCUT2D eigenvalue weighted by molar-refractivity contribution is -0.150. The normalized spacial score (nSPS) is 15.7. The van der Waals surface area contributed by atoms with Gasteiger partial charge in [-0.25, -0.2) is 0 Å². The maximum atomic E-state index is 12.4. The van der Waals surface area contributed by atoms with Gasteiger partial charge in [0.2, 0.25) is 0 Å². The zero-order valence-electron chi connectivity index (χ0n) is 30.3. The molecule has 44 heavy (non-hydrogen) atoms. The molecule has 1 aliphatic heterocycles. The minimum atomic E-state index is 0.0355. The highest BCUT2D eigenvalue weighted by molar-refractivity contribution is 5.69. The molecule has 4 heteroatoms. The van der Waals surface area contributed by atoms with E-state index in [1.807, 2.05) is 0 Å². The molecule has 0 saturated carbocycles. The highest BCUT2D eigenvalue weighted by Gasteiger charge is 2.22. The number of nitrogens with zero attached hydrogens (tertiary/aromatic N) is 1. The van der Waals surface area contributed by atoms with Crippen LogP contribution in [0.5, 0.6) is 0 Å². The van der Waals surface area contributed by atoms with E-state index in [9.17, 15) is 4.79 Å². The van der Waals surface area contributed by atoms with Crippen LogP contribution in [0.1, 0.15) is 201 Å². The molecular formula is C40H77NO3. The van der Waals surface area contributed by atoms with Crippen LogP contribution in [0.2, 0.25) is 0 Å². The van der Waals surface area contributed by atoms with E-state index in [1.165, 1.54) is 141 Å². The molecule has 2 unspecified atom stereocenters. The fourth-order valence-electron chi connectivity index (χ4n) is 6.67. The number of allylic oxidation sites excluding steroid dienone is 1. The van der Waals surface area contributed by atoms with Crippen LogP contribution >= 0.6 is 0 Å². The van der Waals surface area contributed by atoms with Crippen molar-refractivity contribution in [3.8, 4) is 0 Å². The van der Waals surface area contributed by atoms with Gasteiger partial charge in [0.25, 0.3) is 0 Å². The molecule has 1 aliphatic rings. The fourth-order valence-corrected chi connectivity index (χ4v) is 6.67. The SMILES string of the molecule is C=C(OC(CCCCCCCCC)CCCCCCCCCCC(=O)OC(CCCC)CCCCCC)C1CCN(C)CC1. The second-order valence-corrected chi connectivity index (χ2v) is 14.2. The van der Waals surface area contributed by atoms with Gasteiger partial charge in [0.05, 0.1) is 11.9 Å². The maximum absolute atomic E-state index is 12.4. The molecule has 0 aromatic rings. The van der Waals surface area contributed by atoms with Crippen molar-refractivity contribution >= 4 is 5.97 Å². The van der Waals surface area contributed by atoms with Gasteiger partial charge in [-0.05, 0) is 84.3 Å². The average molecular weight is 620 g/mol. The van der Waals surface area contributed by atoms with Crippen molar-refractivity contribution in [2.75, 3.05) is 20.1 Å². The molecule has 0 N–H and O–H groups in total. The van der Waals surface area contributed by atoms with E-state index in [-0.39, 0.29) is 12.1 Å². The third-order valence-electron chi connectivity index (χ3n) is 9.84. The number of carbonyl (C=O) groups is 1. The number of esters is 1. The summed E-state index contributed by atoms with van der Waals surface area (Å²) < 4.78 is 12.5. The van der Waals surface area contributed by atoms with Gasteiger partial charge in [-0.15, -0.1) is 0 Å². The Balaban J connectivity index is 2.19. The van der Waals surface area contributed by atoms with Crippen LogP contribution in [0.15, 0.2) is 12.3 Å². The molecule has 1 heterocycles. The van der Waals surface area contributed by atoms with E-state index < -0.39 is 0 Å². The molecule has 0 bridgehead atoms. The molecule has 260 valence electrons. The highest BCUT2D eigenvalue weighted by Crippen LogP contribution is 2.27. The van der Waals surface area contributed by atoms with Crippen LogP contribution in [0.4, 0.5) is 0 Å². The van der Waals surface area contributed by atoms with Crippen molar-refractivity contribution in [2.24, 2.45) is 5.92 Å². The molecule has 0 spiro atoms. The maximum Gasteiger partial charge on any atom is 0.306 e. The topological polar surface area (TPSA) is 38.8 Å². The van der Waals surface area contributed by atoms with Crippen molar-refractivity contribution in [1.29, 1.82) is 0 Å². The lowest BCUT2D eigenvalue weighted by Gasteiger charge is -2.32. The molecule has 0 amide bonds. The first-order chi connectivity index (χ1) is 21.5. The van der Waals surface area contributed by atoms with Crippen LogP contribution < -0.4 is 0 Å². The number of likely N-dealkylation sites (tertiary alicyclic amines) is 1. The molecular weight excluding hydrogens is 542 g/mol. The lowest BCUT2D eigenvalue weighted by atomic mass is 9.95. The Bertz CT molecular complexity index is 657. The second kappa shape index (κ2) is 29.4. The fraction of sp³-hybridized carbons (Fsp3) is 0.925. The predicted molar refractivity (Wildman–Crippen MR) is 191 cm³/mol. The Morgan fingerprint density at radius 1 is 0.591 bits per heavy atom. The Kier molecular flexibility index (Phi) is 27.4. The van der Waals surface area contributed by atoms with Gasteiger partial charge in [-0.3, -0.25) is 4.79 Å². The van der Waals surface area contributed by atoms with Crippen LogP contribution in [-0.2, 0) is 14.3 Å². The van der Waals surface area contributed by atoms with Gasteiger partial charge >= 0.3 is 5.97 Å². The van der Waals surface area contributed by atoms with Crippen LogP contribution in [0.3, 0.4) is 0 Å². The van der Waals surface area contributed by atoms with Crippen LogP contribution in [0.25, 0.3) is 0 Å². The summed E-state index contributed by atoms with van der Waals surface area (Å²) in [4.78, 5) is 14.9. The van der Waals surface area contributed by atoms with E-state index in [1.54, 1.807) is 0 Å². The summed E-state index contributed by atoms with van der Waals surface area (Å²) in [6.45, 7) is 13.5. The summed E-state index contributed by atoms with van der Waals surface area (Å²) in [7, 11) is 2.22. The quantitative estimate of drug-likeness (QED) is 0.0439. The van der Waals surface area contributed by atoms with Crippen LogP contribution in [-0.4, -0.2) is 43.2 Å². The number of carbonyl (C=O) groups excluding carboxylic acids is 1. The van der Waals surface area contributed by atoms with Gasteiger partial charge in [-0.2, -0.15) is 0 Å². The third-order valence-corrected chi connectivity index (χ3v) is 9.84. The summed E-state index contributed by atoms with van der Waals surface area (Å²) in [5.41, 5.74) is 0. The van der Waals surface area contributed by atoms with E-state index in [0.717, 1.165) is 51.0 Å². The minimum Gasteiger partial charge on any atom is -0.495 e. The molecule has 0 aromatic carbocycles. The van der Waals surface area contributed by atoms with Crippen molar-refractivity contribution in [1.82, 2.24) is 4.90 Å². The summed E-state index contributed by atoms with van der Waals surface area (Å²) in [5.74, 6) is 1.65. The number of ether oxygens (including phenoxy) is 2. The van der Waals surface area contributed by atoms with E-state index in [2.05, 4.69) is 39.3 Å². The van der Waals surface area contributed by atoms with Crippen molar-refractivity contribution < 1.29 is 14.3 Å². The Morgan fingerprint density at radius 3 is 1.48 bits per heavy atom. The third kappa shape index (κ3) is 23.3.